The number of hydrogen-bond acceptors (Lipinski definition) is 5. The van der Waals surface area contributed by atoms with Crippen molar-refractivity contribution >= 4 is 21.6 Å². The van der Waals surface area contributed by atoms with Crippen LogP contribution in [0.1, 0.15) is 17.5 Å². The van der Waals surface area contributed by atoms with Crippen molar-refractivity contribution in [1.29, 1.82) is 0 Å². The van der Waals surface area contributed by atoms with E-state index in [-0.39, 0.29) is 35.0 Å². The predicted molar refractivity (Wildman–Crippen MR) is 97.0 cm³/mol. The highest BCUT2D eigenvalue weighted by Gasteiger charge is 2.43. The first-order valence-corrected chi connectivity index (χ1v) is 9.81. The van der Waals surface area contributed by atoms with E-state index in [1.165, 1.54) is 24.3 Å². The molecule has 0 saturated heterocycles. The number of rotatable bonds is 6. The second-order valence-electron chi connectivity index (χ2n) is 6.27. The number of nitrogens with one attached hydrogen (secondary N) is 2. The summed E-state index contributed by atoms with van der Waals surface area (Å²) in [5, 5.41) is 2.49. The monoisotopic (exact) mass is 412 g/mol. The molecule has 0 spiro atoms. The van der Waals surface area contributed by atoms with Gasteiger partial charge in [0.25, 0.3) is 0 Å². The molecule has 10 heteroatoms. The van der Waals surface area contributed by atoms with E-state index >= 15 is 0 Å². The third-order valence-corrected chi connectivity index (χ3v) is 5.58. The average molecular weight is 412 g/mol. The van der Waals surface area contributed by atoms with Crippen LogP contribution in [0.3, 0.4) is 0 Å². The van der Waals surface area contributed by atoms with Crippen molar-refractivity contribution in [2.45, 2.75) is 31.5 Å². The summed E-state index contributed by atoms with van der Waals surface area (Å²) in [5.41, 5.74) is 2.04. The fraction of sp³-hybridized carbons (Fsp3) is 0.278. The number of amides is 1. The second kappa shape index (κ2) is 7.36. The first kappa shape index (κ1) is 20.0. The van der Waals surface area contributed by atoms with Crippen LogP contribution in [-0.2, 0) is 14.8 Å². The maximum Gasteiger partial charge on any atom is 0.586 e. The molecule has 28 heavy (non-hydrogen) atoms. The van der Waals surface area contributed by atoms with Gasteiger partial charge in [-0.15, -0.1) is 8.78 Å². The Hall–Kier alpha value is -2.72. The number of anilines is 1. The van der Waals surface area contributed by atoms with Crippen LogP contribution in [0.5, 0.6) is 11.5 Å². The summed E-state index contributed by atoms with van der Waals surface area (Å²) >= 11 is 0. The first-order valence-electron chi connectivity index (χ1n) is 8.32. The van der Waals surface area contributed by atoms with Gasteiger partial charge in [0.05, 0.1) is 4.90 Å². The molecule has 1 aliphatic rings. The molecule has 0 atom stereocenters. The number of sulfonamides is 1. The number of carbonyl (C=O) groups is 1. The normalized spacial score (nSPS) is 14.7. The third kappa shape index (κ3) is 4.57. The van der Waals surface area contributed by atoms with Gasteiger partial charge in [-0.1, -0.05) is 6.07 Å². The average Bonchev–Trinajstić information content (AvgIpc) is 2.90. The zero-order chi connectivity index (χ0) is 20.5. The lowest BCUT2D eigenvalue weighted by Gasteiger charge is -2.09. The van der Waals surface area contributed by atoms with Gasteiger partial charge in [0.1, 0.15) is 0 Å². The number of aryl methyl sites for hydroxylation is 2. The van der Waals surface area contributed by atoms with Crippen molar-refractivity contribution in [3.63, 3.8) is 0 Å². The van der Waals surface area contributed by atoms with E-state index in [0.717, 1.165) is 11.1 Å². The van der Waals surface area contributed by atoms with Crippen LogP contribution in [0.2, 0.25) is 0 Å². The quantitative estimate of drug-likeness (QED) is 0.761. The van der Waals surface area contributed by atoms with Crippen LogP contribution in [0.15, 0.2) is 41.3 Å². The number of hydrogen-bond donors (Lipinski definition) is 2. The van der Waals surface area contributed by atoms with Gasteiger partial charge < -0.3 is 14.8 Å². The van der Waals surface area contributed by atoms with Gasteiger partial charge in [-0.3, -0.25) is 4.79 Å². The number of halogens is 2. The molecule has 7 nitrogen and oxygen atoms in total. The van der Waals surface area contributed by atoms with Gasteiger partial charge in [0.2, 0.25) is 15.9 Å². The van der Waals surface area contributed by atoms with Crippen molar-refractivity contribution in [2.24, 2.45) is 0 Å². The van der Waals surface area contributed by atoms with Crippen LogP contribution < -0.4 is 19.5 Å². The summed E-state index contributed by atoms with van der Waals surface area (Å²) in [6.07, 6.45) is -3.88. The van der Waals surface area contributed by atoms with Crippen molar-refractivity contribution in [3.8, 4) is 11.5 Å². The molecule has 150 valence electrons. The van der Waals surface area contributed by atoms with Crippen molar-refractivity contribution in [2.75, 3.05) is 11.9 Å². The lowest BCUT2D eigenvalue weighted by atomic mass is 10.1. The van der Waals surface area contributed by atoms with Gasteiger partial charge in [-0.05, 0) is 49.2 Å². The molecule has 3 rings (SSSR count). The Kier molecular flexibility index (Phi) is 5.26. The van der Waals surface area contributed by atoms with Crippen molar-refractivity contribution < 1.29 is 31.5 Å². The highest BCUT2D eigenvalue weighted by molar-refractivity contribution is 7.89. The maximum absolute atomic E-state index is 13.0. The summed E-state index contributed by atoms with van der Waals surface area (Å²) in [4.78, 5) is 12.1. The molecule has 1 aliphatic heterocycles. The van der Waals surface area contributed by atoms with E-state index in [2.05, 4.69) is 19.5 Å². The number of fused-ring (bicyclic) bond motifs is 1. The summed E-state index contributed by atoms with van der Waals surface area (Å²) in [7, 11) is -3.74. The first-order chi connectivity index (χ1) is 13.1. The Balaban J connectivity index is 1.54. The van der Waals surface area contributed by atoms with E-state index in [4.69, 9.17) is 0 Å². The smallest absolute Gasteiger partial charge is 0.395 e. The Morgan fingerprint density at radius 1 is 1.04 bits per heavy atom. The standard InChI is InChI=1S/C18H18F2N2O5S/c1-11-3-5-14(9-12(11)2)28(24,25)21-8-7-17(23)22-13-4-6-15-16(10-13)27-18(19,20)26-15/h3-6,9-10,21H,7-8H2,1-2H3,(H,22,23). The van der Waals surface area contributed by atoms with Crippen molar-refractivity contribution in [3.05, 3.63) is 47.5 Å². The molecule has 0 unspecified atom stereocenters. The molecule has 2 aromatic rings. The number of benzene rings is 2. The highest BCUT2D eigenvalue weighted by Crippen LogP contribution is 2.42. The van der Waals surface area contributed by atoms with Gasteiger partial charge in [0.15, 0.2) is 11.5 Å². The maximum atomic E-state index is 13.0. The zero-order valence-electron chi connectivity index (χ0n) is 15.1. The molecule has 0 saturated carbocycles. The summed E-state index contributed by atoms with van der Waals surface area (Å²) in [5.74, 6) is -0.823. The molecule has 0 aromatic heterocycles. The minimum absolute atomic E-state index is 0.118. The molecular weight excluding hydrogens is 394 g/mol. The highest BCUT2D eigenvalue weighted by atomic mass is 32.2. The predicted octanol–water partition coefficient (Wildman–Crippen LogP) is 2.93. The molecule has 1 heterocycles. The summed E-state index contributed by atoms with van der Waals surface area (Å²) in [6.45, 7) is 3.56. The molecule has 2 aromatic carbocycles. The van der Waals surface area contributed by atoms with Gasteiger partial charge >= 0.3 is 6.29 Å². The van der Waals surface area contributed by atoms with E-state index in [9.17, 15) is 22.0 Å². The number of alkyl halides is 2. The minimum Gasteiger partial charge on any atom is -0.395 e. The molecule has 0 radical (unpaired) electrons. The Morgan fingerprint density at radius 3 is 2.46 bits per heavy atom. The Bertz CT molecular complexity index is 1020. The fourth-order valence-electron chi connectivity index (χ4n) is 2.51. The fourth-order valence-corrected chi connectivity index (χ4v) is 3.63. The topological polar surface area (TPSA) is 93.7 Å². The lowest BCUT2D eigenvalue weighted by molar-refractivity contribution is -0.286. The van der Waals surface area contributed by atoms with E-state index in [1.807, 2.05) is 13.8 Å². The number of carbonyl (C=O) groups excluding carboxylic acids is 1. The molecule has 1 amide bonds. The van der Waals surface area contributed by atoms with Crippen LogP contribution in [0.25, 0.3) is 0 Å². The van der Waals surface area contributed by atoms with Crippen molar-refractivity contribution in [1.82, 2.24) is 4.72 Å². The third-order valence-electron chi connectivity index (χ3n) is 4.12. The van der Waals surface area contributed by atoms with E-state index < -0.39 is 22.2 Å². The van der Waals surface area contributed by atoms with Crippen LogP contribution >= 0.6 is 0 Å². The van der Waals surface area contributed by atoms with Gasteiger partial charge in [0, 0.05) is 24.7 Å². The van der Waals surface area contributed by atoms with Gasteiger partial charge in [-0.2, -0.15) is 0 Å². The van der Waals surface area contributed by atoms with Crippen LogP contribution in [-0.4, -0.2) is 27.2 Å². The Morgan fingerprint density at radius 2 is 1.75 bits per heavy atom. The second-order valence-corrected chi connectivity index (χ2v) is 8.04. The molecule has 0 aliphatic carbocycles. The van der Waals surface area contributed by atoms with Crippen LogP contribution in [0, 0.1) is 13.8 Å². The van der Waals surface area contributed by atoms with E-state index in [1.54, 1.807) is 12.1 Å². The van der Waals surface area contributed by atoms with Crippen LogP contribution in [0.4, 0.5) is 14.5 Å². The molecule has 0 fully saturated rings. The molecular formula is C18H18F2N2O5S. The summed E-state index contributed by atoms with van der Waals surface area (Å²) < 4.78 is 61.5. The SMILES string of the molecule is Cc1ccc(S(=O)(=O)NCCC(=O)Nc2ccc3c(c2)OC(F)(F)O3)cc1C. The lowest BCUT2D eigenvalue weighted by Crippen LogP contribution is -2.28. The summed E-state index contributed by atoms with van der Waals surface area (Å²) in [6, 6.07) is 8.58. The number of ether oxygens (including phenoxy) is 2. The molecule has 2 N–H and O–H groups in total. The minimum atomic E-state index is -3.74. The largest absolute Gasteiger partial charge is 0.586 e. The van der Waals surface area contributed by atoms with Gasteiger partial charge in [-0.25, -0.2) is 13.1 Å². The Labute approximate surface area is 160 Å². The zero-order valence-corrected chi connectivity index (χ0v) is 15.9. The van der Waals surface area contributed by atoms with E-state index in [0.29, 0.717) is 0 Å². The molecule has 0 bridgehead atoms.